The van der Waals surface area contributed by atoms with E-state index in [1.807, 2.05) is 0 Å². The van der Waals surface area contributed by atoms with E-state index in [1.165, 1.54) is 12.1 Å². The van der Waals surface area contributed by atoms with Crippen molar-refractivity contribution in [1.82, 2.24) is 14.3 Å². The molecule has 0 saturated carbocycles. The predicted molar refractivity (Wildman–Crippen MR) is 126 cm³/mol. The fraction of sp³-hybridized carbons (Fsp3) is 0.308. The number of halogens is 3. The third-order valence-corrected chi connectivity index (χ3v) is 6.59. The number of alkyl halides is 2. The van der Waals surface area contributed by atoms with Crippen molar-refractivity contribution in [1.29, 1.82) is 0 Å². The quantitative estimate of drug-likeness (QED) is 0.323. The summed E-state index contributed by atoms with van der Waals surface area (Å²) in [5, 5.41) is 4.79. The lowest BCUT2D eigenvalue weighted by Gasteiger charge is -2.33. The summed E-state index contributed by atoms with van der Waals surface area (Å²) in [5.74, 6) is -0.477. The van der Waals surface area contributed by atoms with E-state index in [1.54, 1.807) is 65.9 Å². The lowest BCUT2D eigenvalue weighted by Crippen LogP contribution is -2.26. The van der Waals surface area contributed by atoms with Crippen molar-refractivity contribution >= 4 is 28.1 Å². The highest BCUT2D eigenvalue weighted by molar-refractivity contribution is 6.09. The van der Waals surface area contributed by atoms with Gasteiger partial charge in [0.2, 0.25) is 0 Å². The second-order valence-corrected chi connectivity index (χ2v) is 8.78. The summed E-state index contributed by atoms with van der Waals surface area (Å²) in [6.45, 7) is 2.28. The Bertz CT molecular complexity index is 1420. The third kappa shape index (κ3) is 3.57. The molecule has 0 bridgehead atoms. The van der Waals surface area contributed by atoms with Gasteiger partial charge in [0.05, 0.1) is 17.4 Å². The van der Waals surface area contributed by atoms with Crippen LogP contribution in [0, 0.1) is 5.82 Å². The molecule has 1 aliphatic heterocycles. The molecule has 0 amide bonds. The number of carbonyl (C=O) groups is 1. The van der Waals surface area contributed by atoms with E-state index in [9.17, 15) is 13.6 Å². The van der Waals surface area contributed by atoms with Crippen LogP contribution in [-0.2, 0) is 20.5 Å². The van der Waals surface area contributed by atoms with Gasteiger partial charge in [-0.15, -0.1) is 0 Å². The van der Waals surface area contributed by atoms with Crippen LogP contribution in [0.5, 0.6) is 0 Å². The van der Waals surface area contributed by atoms with E-state index < -0.39 is 12.2 Å². The Morgan fingerprint density at radius 2 is 1.91 bits per heavy atom. The molecule has 0 saturated heterocycles. The number of aryl methyl sites for hydroxylation is 3. The number of nitrogens with zero attached hydrogens (tertiary/aromatic N) is 4. The second kappa shape index (κ2) is 8.34. The molecule has 0 fully saturated rings. The Hall–Kier alpha value is -3.55. The van der Waals surface area contributed by atoms with E-state index in [0.717, 1.165) is 12.0 Å². The summed E-state index contributed by atoms with van der Waals surface area (Å²) in [6.07, 6.45) is 4.11. The maximum absolute atomic E-state index is 15.4. The number of hydrogen-bond donors (Lipinski definition) is 0. The number of benzene rings is 2. The molecule has 4 aromatic rings. The van der Waals surface area contributed by atoms with E-state index in [4.69, 9.17) is 0 Å². The van der Waals surface area contributed by atoms with Crippen LogP contribution in [0.25, 0.3) is 22.0 Å². The Labute approximate surface area is 195 Å². The summed E-state index contributed by atoms with van der Waals surface area (Å²) >= 11 is 0. The molecule has 0 unspecified atom stereocenters. The van der Waals surface area contributed by atoms with Gasteiger partial charge in [0, 0.05) is 73.3 Å². The number of hydrogen-bond acceptors (Lipinski definition) is 3. The van der Waals surface area contributed by atoms with Crippen molar-refractivity contribution < 1.29 is 18.0 Å². The summed E-state index contributed by atoms with van der Waals surface area (Å²) < 4.78 is 47.0. The summed E-state index contributed by atoms with van der Waals surface area (Å²) in [4.78, 5) is 14.3. The van der Waals surface area contributed by atoms with Gasteiger partial charge in [-0.3, -0.25) is 9.48 Å². The van der Waals surface area contributed by atoms with Gasteiger partial charge in [-0.2, -0.15) is 5.10 Å². The highest BCUT2D eigenvalue weighted by Crippen LogP contribution is 2.42. The Balaban J connectivity index is 1.68. The van der Waals surface area contributed by atoms with Crippen molar-refractivity contribution in [2.75, 3.05) is 11.4 Å². The van der Waals surface area contributed by atoms with Crippen LogP contribution < -0.4 is 4.90 Å². The van der Waals surface area contributed by atoms with Crippen LogP contribution in [-0.4, -0.2) is 26.7 Å². The molecule has 0 atom stereocenters. The average Bonchev–Trinajstić information content (AvgIpc) is 3.39. The van der Waals surface area contributed by atoms with Crippen LogP contribution in [0.2, 0.25) is 0 Å². The van der Waals surface area contributed by atoms with Gasteiger partial charge in [-0.05, 0) is 42.2 Å². The van der Waals surface area contributed by atoms with Gasteiger partial charge in [0.25, 0.3) is 6.43 Å². The first-order valence-corrected chi connectivity index (χ1v) is 11.3. The third-order valence-electron chi connectivity index (χ3n) is 6.59. The van der Waals surface area contributed by atoms with Crippen LogP contribution >= 0.6 is 0 Å². The van der Waals surface area contributed by atoms with Gasteiger partial charge in [0.15, 0.2) is 5.78 Å². The van der Waals surface area contributed by atoms with Gasteiger partial charge < -0.3 is 9.47 Å². The van der Waals surface area contributed by atoms with Gasteiger partial charge >= 0.3 is 0 Å². The van der Waals surface area contributed by atoms with Crippen molar-refractivity contribution in [3.8, 4) is 11.1 Å². The minimum absolute atomic E-state index is 0.0247. The highest BCUT2D eigenvalue weighted by atomic mass is 19.3. The first-order valence-electron chi connectivity index (χ1n) is 11.3. The maximum Gasteiger partial charge on any atom is 0.264 e. The Kier molecular flexibility index (Phi) is 5.46. The molecule has 34 heavy (non-hydrogen) atoms. The molecule has 1 aliphatic rings. The molecule has 0 spiro atoms. The van der Waals surface area contributed by atoms with Crippen LogP contribution in [0.4, 0.5) is 24.5 Å². The minimum atomic E-state index is -2.69. The zero-order valence-corrected chi connectivity index (χ0v) is 19.3. The van der Waals surface area contributed by atoms with Crippen molar-refractivity contribution in [2.45, 2.75) is 32.6 Å². The predicted octanol–water partition coefficient (Wildman–Crippen LogP) is 6.33. The lowest BCUT2D eigenvalue weighted by molar-refractivity contribution is 0.0989. The molecule has 0 N–H and O–H groups in total. The molecule has 0 radical (unpaired) electrons. The molecule has 176 valence electrons. The monoisotopic (exact) mass is 466 g/mol. The minimum Gasteiger partial charge on any atom is -0.350 e. The fourth-order valence-electron chi connectivity index (χ4n) is 4.90. The van der Waals surface area contributed by atoms with Crippen molar-refractivity contribution in [3.05, 3.63) is 65.4 Å². The zero-order valence-electron chi connectivity index (χ0n) is 19.3. The van der Waals surface area contributed by atoms with Gasteiger partial charge in [-0.1, -0.05) is 6.92 Å². The van der Waals surface area contributed by atoms with E-state index in [-0.39, 0.29) is 11.3 Å². The van der Waals surface area contributed by atoms with Gasteiger partial charge in [-0.25, -0.2) is 13.2 Å². The summed E-state index contributed by atoms with van der Waals surface area (Å²) in [7, 11) is 3.52. The normalized spacial score (nSPS) is 13.7. The molecule has 5 rings (SSSR count). The molecule has 5 nitrogen and oxygen atoms in total. The lowest BCUT2D eigenvalue weighted by atomic mass is 9.92. The number of anilines is 2. The van der Waals surface area contributed by atoms with E-state index >= 15 is 4.39 Å². The summed E-state index contributed by atoms with van der Waals surface area (Å²) in [5.41, 5.74) is 3.87. The molecular weight excluding hydrogens is 441 g/mol. The molecule has 2 aromatic carbocycles. The van der Waals surface area contributed by atoms with Crippen molar-refractivity contribution in [2.24, 2.45) is 14.1 Å². The van der Waals surface area contributed by atoms with Crippen LogP contribution in [0.3, 0.4) is 0 Å². The summed E-state index contributed by atoms with van der Waals surface area (Å²) in [6, 6.07) is 6.36. The van der Waals surface area contributed by atoms with E-state index in [2.05, 4.69) is 5.10 Å². The van der Waals surface area contributed by atoms with Crippen LogP contribution in [0.15, 0.2) is 42.9 Å². The van der Waals surface area contributed by atoms with Crippen LogP contribution in [0.1, 0.15) is 47.7 Å². The Morgan fingerprint density at radius 3 is 2.59 bits per heavy atom. The Morgan fingerprint density at radius 1 is 1.12 bits per heavy atom. The average molecular weight is 467 g/mol. The highest BCUT2D eigenvalue weighted by Gasteiger charge is 2.27. The number of fused-ring (bicyclic) bond motifs is 2. The van der Waals surface area contributed by atoms with Crippen molar-refractivity contribution in [3.63, 3.8) is 0 Å². The zero-order chi connectivity index (χ0) is 24.1. The first kappa shape index (κ1) is 22.3. The number of carbonyl (C=O) groups excluding carboxylic acids is 1. The topological polar surface area (TPSA) is 43.1 Å². The van der Waals surface area contributed by atoms with Gasteiger partial charge in [0.1, 0.15) is 5.82 Å². The SMILES string of the molecule is CCC(=O)c1cn(C)c2cc(F)c(N3CCCc4cc(-c5cnn(C)c5)c(C(F)F)cc43)cc12. The second-order valence-electron chi connectivity index (χ2n) is 8.78. The standard InChI is InChI=1S/C26H25F3N4O/c1-4-25(34)20-14-31(2)23-11-21(27)24(9-18(20)23)33-7-5-6-15-8-17(16-12-30-32(3)13-16)19(26(28)29)10-22(15)33/h8-14,26H,4-7H2,1-3H3. The smallest absolute Gasteiger partial charge is 0.264 e. The molecule has 0 aliphatic carbocycles. The largest absolute Gasteiger partial charge is 0.350 e. The number of ketones is 1. The molecular formula is C26H25F3N4O. The first-order chi connectivity index (χ1) is 16.3. The number of aromatic nitrogens is 3. The molecule has 8 heteroatoms. The number of rotatable bonds is 5. The van der Waals surface area contributed by atoms with E-state index in [0.29, 0.717) is 58.4 Å². The number of Topliss-reactive ketones (excluding diaryl/α,β-unsaturated/α-hetero) is 1. The fourth-order valence-corrected chi connectivity index (χ4v) is 4.90. The molecule has 3 heterocycles. The molecule has 2 aromatic heterocycles. The maximum atomic E-state index is 15.4.